The average molecular weight is 375 g/mol. The standard InChI is InChI=1S/C23H38N2O2/c1-5-6-7-8-9-10-11-12-13-14-15-18-16-19(23(2,3)4)17-20(21(18)26)22(27)25-24/h5,16-17,26H,1,6-15,24H2,2-4H3,(H,25,27). The number of amides is 1. The molecule has 152 valence electrons. The van der Waals surface area contributed by atoms with Crippen LogP contribution in [0.1, 0.15) is 100 Å². The van der Waals surface area contributed by atoms with E-state index in [1.165, 1.54) is 38.5 Å². The summed E-state index contributed by atoms with van der Waals surface area (Å²) >= 11 is 0. The van der Waals surface area contributed by atoms with Crippen molar-refractivity contribution in [2.45, 2.75) is 90.4 Å². The van der Waals surface area contributed by atoms with E-state index in [9.17, 15) is 9.90 Å². The van der Waals surface area contributed by atoms with Crippen molar-refractivity contribution in [3.05, 3.63) is 41.5 Å². The first-order valence-corrected chi connectivity index (χ1v) is 10.3. The van der Waals surface area contributed by atoms with Crippen molar-refractivity contribution < 1.29 is 9.90 Å². The fraction of sp³-hybridized carbons (Fsp3) is 0.609. The van der Waals surface area contributed by atoms with Crippen LogP contribution in [-0.4, -0.2) is 11.0 Å². The number of rotatable bonds is 12. The van der Waals surface area contributed by atoms with Gasteiger partial charge in [-0.2, -0.15) is 0 Å². The number of benzene rings is 1. The van der Waals surface area contributed by atoms with Crippen molar-refractivity contribution in [1.29, 1.82) is 0 Å². The molecule has 4 N–H and O–H groups in total. The molecule has 0 aromatic heterocycles. The molecule has 27 heavy (non-hydrogen) atoms. The molecule has 0 aliphatic heterocycles. The van der Waals surface area contributed by atoms with Crippen LogP contribution in [0.5, 0.6) is 5.75 Å². The van der Waals surface area contributed by atoms with Crippen LogP contribution in [0.15, 0.2) is 24.8 Å². The Kier molecular flexibility index (Phi) is 10.2. The van der Waals surface area contributed by atoms with E-state index in [0.717, 1.165) is 36.8 Å². The summed E-state index contributed by atoms with van der Waals surface area (Å²) < 4.78 is 0. The molecule has 0 radical (unpaired) electrons. The molecule has 0 atom stereocenters. The second-order valence-electron chi connectivity index (χ2n) is 8.41. The van der Waals surface area contributed by atoms with E-state index in [1.807, 2.05) is 12.1 Å². The predicted octanol–water partition coefficient (Wildman–Crippen LogP) is 5.53. The van der Waals surface area contributed by atoms with E-state index in [2.05, 4.69) is 32.8 Å². The van der Waals surface area contributed by atoms with Gasteiger partial charge in [0, 0.05) is 0 Å². The molecule has 0 aliphatic rings. The van der Waals surface area contributed by atoms with Crippen LogP contribution < -0.4 is 11.3 Å². The van der Waals surface area contributed by atoms with E-state index >= 15 is 0 Å². The van der Waals surface area contributed by atoms with Gasteiger partial charge in [-0.1, -0.05) is 71.4 Å². The van der Waals surface area contributed by atoms with Crippen molar-refractivity contribution in [2.75, 3.05) is 0 Å². The molecular weight excluding hydrogens is 336 g/mol. The normalized spacial score (nSPS) is 11.4. The van der Waals surface area contributed by atoms with Gasteiger partial charge in [0.1, 0.15) is 5.75 Å². The highest BCUT2D eigenvalue weighted by atomic mass is 16.3. The fourth-order valence-corrected chi connectivity index (χ4v) is 3.23. The Morgan fingerprint density at radius 1 is 1.07 bits per heavy atom. The first-order valence-electron chi connectivity index (χ1n) is 10.3. The quantitative estimate of drug-likeness (QED) is 0.148. The second-order valence-corrected chi connectivity index (χ2v) is 8.41. The van der Waals surface area contributed by atoms with Gasteiger partial charge in [-0.05, 0) is 48.3 Å². The fourth-order valence-electron chi connectivity index (χ4n) is 3.23. The lowest BCUT2D eigenvalue weighted by atomic mass is 9.84. The molecule has 0 unspecified atom stereocenters. The van der Waals surface area contributed by atoms with Gasteiger partial charge in [-0.3, -0.25) is 10.2 Å². The van der Waals surface area contributed by atoms with Crippen molar-refractivity contribution in [3.63, 3.8) is 0 Å². The lowest BCUT2D eigenvalue weighted by Crippen LogP contribution is -2.30. The SMILES string of the molecule is C=CCCCCCCCCCCc1cc(C(C)(C)C)cc(C(=O)NN)c1O. The largest absolute Gasteiger partial charge is 0.507 e. The third-order valence-electron chi connectivity index (χ3n) is 5.03. The summed E-state index contributed by atoms with van der Waals surface area (Å²) in [5.74, 6) is 4.89. The molecule has 0 bridgehead atoms. The number of phenols is 1. The van der Waals surface area contributed by atoms with E-state index in [-0.39, 0.29) is 16.7 Å². The third-order valence-corrected chi connectivity index (χ3v) is 5.03. The molecule has 1 aromatic carbocycles. The Bertz CT molecular complexity index is 603. The molecule has 0 fully saturated rings. The van der Waals surface area contributed by atoms with E-state index < -0.39 is 5.91 Å². The zero-order valence-electron chi connectivity index (χ0n) is 17.4. The molecule has 4 nitrogen and oxygen atoms in total. The number of nitrogens with one attached hydrogen (secondary N) is 1. The van der Waals surface area contributed by atoms with Gasteiger partial charge in [0.25, 0.3) is 5.91 Å². The number of phenolic OH excluding ortho intramolecular Hbond substituents is 1. The van der Waals surface area contributed by atoms with Gasteiger partial charge in [0.05, 0.1) is 5.56 Å². The van der Waals surface area contributed by atoms with Crippen LogP contribution in [0.25, 0.3) is 0 Å². The number of hydrogen-bond donors (Lipinski definition) is 3. The predicted molar refractivity (Wildman–Crippen MR) is 114 cm³/mol. The highest BCUT2D eigenvalue weighted by molar-refractivity contribution is 5.97. The Hall–Kier alpha value is -1.81. The summed E-state index contributed by atoms with van der Waals surface area (Å²) in [5.41, 5.74) is 4.17. The number of aryl methyl sites for hydroxylation is 1. The number of nitrogen functional groups attached to an aromatic ring is 1. The summed E-state index contributed by atoms with van der Waals surface area (Å²) in [6.07, 6.45) is 13.7. The minimum atomic E-state index is -0.448. The summed E-state index contributed by atoms with van der Waals surface area (Å²) in [6.45, 7) is 10.1. The first-order chi connectivity index (χ1) is 12.8. The number of aromatic hydroxyl groups is 1. The van der Waals surface area contributed by atoms with Crippen LogP contribution in [0.4, 0.5) is 0 Å². The molecule has 0 heterocycles. The number of nitrogens with two attached hydrogens (primary N) is 1. The maximum absolute atomic E-state index is 12.0. The number of hydrogen-bond acceptors (Lipinski definition) is 3. The molecule has 1 aromatic rings. The highest BCUT2D eigenvalue weighted by Gasteiger charge is 2.21. The Balaban J connectivity index is 2.54. The van der Waals surface area contributed by atoms with E-state index in [4.69, 9.17) is 5.84 Å². The maximum atomic E-state index is 12.0. The van der Waals surface area contributed by atoms with Crippen molar-refractivity contribution in [1.82, 2.24) is 5.43 Å². The summed E-state index contributed by atoms with van der Waals surface area (Å²) in [6, 6.07) is 3.77. The lowest BCUT2D eigenvalue weighted by molar-refractivity contribution is 0.0950. The topological polar surface area (TPSA) is 75.4 Å². The summed E-state index contributed by atoms with van der Waals surface area (Å²) in [4.78, 5) is 12.0. The molecule has 0 aliphatic carbocycles. The molecule has 0 saturated carbocycles. The van der Waals surface area contributed by atoms with Crippen LogP contribution >= 0.6 is 0 Å². The van der Waals surface area contributed by atoms with Crippen molar-refractivity contribution in [3.8, 4) is 5.75 Å². The van der Waals surface area contributed by atoms with Gasteiger partial charge >= 0.3 is 0 Å². The van der Waals surface area contributed by atoms with Crippen LogP contribution in [0.3, 0.4) is 0 Å². The molecule has 0 saturated heterocycles. The van der Waals surface area contributed by atoms with Gasteiger partial charge in [-0.15, -0.1) is 6.58 Å². The van der Waals surface area contributed by atoms with Crippen molar-refractivity contribution in [2.24, 2.45) is 5.84 Å². The smallest absolute Gasteiger partial charge is 0.268 e. The van der Waals surface area contributed by atoms with Crippen molar-refractivity contribution >= 4 is 5.91 Å². The number of allylic oxidation sites excluding steroid dienone is 1. The minimum absolute atomic E-state index is 0.0631. The summed E-state index contributed by atoms with van der Waals surface area (Å²) in [7, 11) is 0. The monoisotopic (exact) mass is 374 g/mol. The molecular formula is C23H38N2O2. The minimum Gasteiger partial charge on any atom is -0.507 e. The third kappa shape index (κ3) is 8.17. The number of unbranched alkanes of at least 4 members (excludes halogenated alkanes) is 8. The van der Waals surface area contributed by atoms with Gasteiger partial charge in [0.15, 0.2) is 0 Å². The maximum Gasteiger partial charge on any atom is 0.268 e. The van der Waals surface area contributed by atoms with Gasteiger partial charge < -0.3 is 5.11 Å². The van der Waals surface area contributed by atoms with Gasteiger partial charge in [0.2, 0.25) is 0 Å². The lowest BCUT2D eigenvalue weighted by Gasteiger charge is -2.22. The van der Waals surface area contributed by atoms with Crippen LogP contribution in [0.2, 0.25) is 0 Å². The average Bonchev–Trinajstić information content (AvgIpc) is 2.62. The molecule has 0 spiro atoms. The Morgan fingerprint density at radius 3 is 2.15 bits per heavy atom. The number of carbonyl (C=O) groups excluding carboxylic acids is 1. The highest BCUT2D eigenvalue weighted by Crippen LogP contribution is 2.32. The van der Waals surface area contributed by atoms with E-state index in [0.29, 0.717) is 0 Å². The van der Waals surface area contributed by atoms with Crippen LogP contribution in [-0.2, 0) is 11.8 Å². The zero-order valence-corrected chi connectivity index (χ0v) is 17.4. The molecule has 1 amide bonds. The molecule has 1 rings (SSSR count). The van der Waals surface area contributed by atoms with Crippen LogP contribution in [0, 0.1) is 0 Å². The zero-order chi connectivity index (χ0) is 20.3. The first kappa shape index (κ1) is 23.2. The number of carbonyl (C=O) groups is 1. The summed E-state index contributed by atoms with van der Waals surface area (Å²) in [5, 5.41) is 10.5. The Labute approximate surface area is 165 Å². The Morgan fingerprint density at radius 2 is 1.63 bits per heavy atom. The molecule has 4 heteroatoms. The second kappa shape index (κ2) is 11.8. The van der Waals surface area contributed by atoms with Gasteiger partial charge in [-0.25, -0.2) is 5.84 Å². The van der Waals surface area contributed by atoms with E-state index in [1.54, 1.807) is 6.07 Å². The number of hydrazine groups is 1.